The van der Waals surface area contributed by atoms with Crippen LogP contribution >= 0.6 is 15.9 Å². The SMILES string of the molecule is Cc1ccc(S(=O)(=O)N(CC(=O)Nc2ccc(Br)cc2)c2ccc(C(C)C)cc2)cc1. The Balaban J connectivity index is 1.94. The number of halogens is 1. The quantitative estimate of drug-likeness (QED) is 0.451. The Morgan fingerprint density at radius 3 is 2.06 bits per heavy atom. The Labute approximate surface area is 192 Å². The normalized spacial score (nSPS) is 11.4. The van der Waals surface area contributed by atoms with Gasteiger partial charge in [-0.1, -0.05) is 59.6 Å². The second-order valence-electron chi connectivity index (χ2n) is 7.63. The van der Waals surface area contributed by atoms with Crippen LogP contribution in [0.3, 0.4) is 0 Å². The van der Waals surface area contributed by atoms with E-state index in [4.69, 9.17) is 0 Å². The fourth-order valence-electron chi connectivity index (χ4n) is 3.04. The van der Waals surface area contributed by atoms with Crippen LogP contribution in [0.25, 0.3) is 0 Å². The van der Waals surface area contributed by atoms with Crippen LogP contribution in [0.1, 0.15) is 30.9 Å². The number of carbonyl (C=O) groups excluding carboxylic acids is 1. The maximum Gasteiger partial charge on any atom is 0.264 e. The van der Waals surface area contributed by atoms with Crippen LogP contribution in [0.15, 0.2) is 82.2 Å². The van der Waals surface area contributed by atoms with Crippen LogP contribution in [-0.4, -0.2) is 20.9 Å². The van der Waals surface area contributed by atoms with Crippen molar-refractivity contribution in [2.24, 2.45) is 0 Å². The fraction of sp³-hybridized carbons (Fsp3) is 0.208. The van der Waals surface area contributed by atoms with Gasteiger partial charge in [-0.25, -0.2) is 8.42 Å². The molecule has 0 unspecified atom stereocenters. The van der Waals surface area contributed by atoms with E-state index in [1.807, 2.05) is 19.1 Å². The molecule has 162 valence electrons. The zero-order chi connectivity index (χ0) is 22.6. The van der Waals surface area contributed by atoms with Crippen LogP contribution in [0.5, 0.6) is 0 Å². The molecular weight excluding hydrogens is 476 g/mol. The number of anilines is 2. The number of hydrogen-bond acceptors (Lipinski definition) is 3. The van der Waals surface area contributed by atoms with Gasteiger partial charge in [0.2, 0.25) is 5.91 Å². The Kier molecular flexibility index (Phi) is 7.18. The highest BCUT2D eigenvalue weighted by Crippen LogP contribution is 2.26. The van der Waals surface area contributed by atoms with Gasteiger partial charge in [-0.2, -0.15) is 0 Å². The van der Waals surface area contributed by atoms with Gasteiger partial charge >= 0.3 is 0 Å². The van der Waals surface area contributed by atoms with Crippen LogP contribution < -0.4 is 9.62 Å². The van der Waals surface area contributed by atoms with Crippen molar-refractivity contribution in [1.29, 1.82) is 0 Å². The Morgan fingerprint density at radius 1 is 0.935 bits per heavy atom. The summed E-state index contributed by atoms with van der Waals surface area (Å²) < 4.78 is 28.9. The molecule has 0 aromatic heterocycles. The molecule has 5 nitrogen and oxygen atoms in total. The Bertz CT molecular complexity index is 1140. The van der Waals surface area contributed by atoms with Crippen molar-refractivity contribution >= 4 is 43.2 Å². The summed E-state index contributed by atoms with van der Waals surface area (Å²) in [6.07, 6.45) is 0. The van der Waals surface area contributed by atoms with Crippen molar-refractivity contribution in [1.82, 2.24) is 0 Å². The molecule has 0 saturated carbocycles. The number of nitrogens with one attached hydrogen (secondary N) is 1. The minimum Gasteiger partial charge on any atom is -0.325 e. The fourth-order valence-corrected chi connectivity index (χ4v) is 4.73. The van der Waals surface area contributed by atoms with Crippen molar-refractivity contribution in [3.8, 4) is 0 Å². The van der Waals surface area contributed by atoms with E-state index in [-0.39, 0.29) is 11.4 Å². The number of benzene rings is 3. The zero-order valence-corrected chi connectivity index (χ0v) is 20.1. The molecule has 0 fully saturated rings. The summed E-state index contributed by atoms with van der Waals surface area (Å²) in [6.45, 7) is 5.70. The van der Waals surface area contributed by atoms with Crippen LogP contribution in [0.2, 0.25) is 0 Å². The van der Waals surface area contributed by atoms with Crippen LogP contribution in [0.4, 0.5) is 11.4 Å². The van der Waals surface area contributed by atoms with Crippen molar-refractivity contribution in [3.05, 3.63) is 88.4 Å². The molecule has 0 heterocycles. The second kappa shape index (κ2) is 9.66. The standard InChI is InChI=1S/C24H25BrN2O3S/c1-17(2)19-6-12-22(13-7-19)27(31(29,30)23-14-4-18(3)5-15-23)16-24(28)26-21-10-8-20(25)9-11-21/h4-15,17H,16H2,1-3H3,(H,26,28). The molecule has 0 aliphatic rings. The average molecular weight is 501 g/mol. The molecule has 1 amide bonds. The van der Waals surface area contributed by atoms with Gasteiger partial charge in [0.05, 0.1) is 10.6 Å². The molecule has 0 aliphatic heterocycles. The monoisotopic (exact) mass is 500 g/mol. The van der Waals surface area contributed by atoms with Gasteiger partial charge in [0.25, 0.3) is 10.0 Å². The van der Waals surface area contributed by atoms with Gasteiger partial charge in [0.15, 0.2) is 0 Å². The number of nitrogens with zero attached hydrogens (tertiary/aromatic N) is 1. The Hall–Kier alpha value is -2.64. The topological polar surface area (TPSA) is 66.5 Å². The van der Waals surface area contributed by atoms with E-state index < -0.39 is 15.9 Å². The first kappa shape index (κ1) is 23.0. The smallest absolute Gasteiger partial charge is 0.264 e. The molecule has 1 N–H and O–H groups in total. The van der Waals surface area contributed by atoms with E-state index in [1.54, 1.807) is 60.7 Å². The lowest BCUT2D eigenvalue weighted by Crippen LogP contribution is -2.38. The lowest BCUT2D eigenvalue weighted by atomic mass is 10.0. The second-order valence-corrected chi connectivity index (χ2v) is 10.4. The molecule has 0 saturated heterocycles. The van der Waals surface area contributed by atoms with Crippen molar-refractivity contribution < 1.29 is 13.2 Å². The molecule has 3 aromatic carbocycles. The van der Waals surface area contributed by atoms with Gasteiger partial charge in [0.1, 0.15) is 6.54 Å². The molecule has 0 aliphatic carbocycles. The number of rotatable bonds is 7. The van der Waals surface area contributed by atoms with Crippen LogP contribution in [-0.2, 0) is 14.8 Å². The van der Waals surface area contributed by atoms with Crippen molar-refractivity contribution in [3.63, 3.8) is 0 Å². The van der Waals surface area contributed by atoms with Gasteiger partial charge in [-0.15, -0.1) is 0 Å². The third-order valence-corrected chi connectivity index (χ3v) is 7.19. The van der Waals surface area contributed by atoms with E-state index >= 15 is 0 Å². The summed E-state index contributed by atoms with van der Waals surface area (Å²) in [5, 5.41) is 2.77. The van der Waals surface area contributed by atoms with E-state index in [9.17, 15) is 13.2 Å². The molecule has 0 radical (unpaired) electrons. The van der Waals surface area contributed by atoms with E-state index in [2.05, 4.69) is 35.1 Å². The van der Waals surface area contributed by atoms with Gasteiger partial charge in [0, 0.05) is 10.2 Å². The summed E-state index contributed by atoms with van der Waals surface area (Å²) in [7, 11) is -3.93. The third-order valence-electron chi connectivity index (χ3n) is 4.87. The maximum absolute atomic E-state index is 13.4. The predicted molar refractivity (Wildman–Crippen MR) is 129 cm³/mol. The maximum atomic E-state index is 13.4. The molecular formula is C24H25BrN2O3S. The summed E-state index contributed by atoms with van der Waals surface area (Å²) >= 11 is 3.36. The lowest BCUT2D eigenvalue weighted by molar-refractivity contribution is -0.114. The largest absolute Gasteiger partial charge is 0.325 e. The molecule has 3 rings (SSSR count). The molecule has 0 spiro atoms. The zero-order valence-electron chi connectivity index (χ0n) is 17.7. The molecule has 3 aromatic rings. The molecule has 7 heteroatoms. The average Bonchev–Trinajstić information content (AvgIpc) is 2.74. The number of sulfonamides is 1. The first-order chi connectivity index (χ1) is 14.7. The molecule has 0 bridgehead atoms. The number of carbonyl (C=O) groups is 1. The van der Waals surface area contributed by atoms with Gasteiger partial charge in [-0.3, -0.25) is 9.10 Å². The number of hydrogen-bond donors (Lipinski definition) is 1. The first-order valence-electron chi connectivity index (χ1n) is 9.91. The molecule has 31 heavy (non-hydrogen) atoms. The summed E-state index contributed by atoms with van der Waals surface area (Å²) in [4.78, 5) is 12.9. The first-order valence-corrected chi connectivity index (χ1v) is 12.1. The van der Waals surface area contributed by atoms with E-state index in [0.717, 1.165) is 19.9 Å². The summed E-state index contributed by atoms with van der Waals surface area (Å²) in [6, 6.07) is 21.0. The summed E-state index contributed by atoms with van der Waals surface area (Å²) in [5.41, 5.74) is 3.09. The lowest BCUT2D eigenvalue weighted by Gasteiger charge is -2.24. The third kappa shape index (κ3) is 5.74. The van der Waals surface area contributed by atoms with Crippen LogP contribution in [0, 0.1) is 6.92 Å². The van der Waals surface area contributed by atoms with Crippen molar-refractivity contribution in [2.45, 2.75) is 31.6 Å². The Morgan fingerprint density at radius 2 is 1.52 bits per heavy atom. The van der Waals surface area contributed by atoms with E-state index in [0.29, 0.717) is 17.3 Å². The van der Waals surface area contributed by atoms with Crippen molar-refractivity contribution in [2.75, 3.05) is 16.2 Å². The minimum atomic E-state index is -3.93. The minimum absolute atomic E-state index is 0.141. The predicted octanol–water partition coefficient (Wildman–Crippen LogP) is 5.71. The highest BCUT2D eigenvalue weighted by atomic mass is 79.9. The summed E-state index contributed by atoms with van der Waals surface area (Å²) in [5.74, 6) is -0.108. The number of amides is 1. The van der Waals surface area contributed by atoms with Gasteiger partial charge < -0.3 is 5.32 Å². The number of aryl methyl sites for hydroxylation is 1. The highest BCUT2D eigenvalue weighted by molar-refractivity contribution is 9.10. The molecule has 0 atom stereocenters. The van der Waals surface area contributed by atoms with E-state index in [1.165, 1.54) is 0 Å². The van der Waals surface area contributed by atoms with Gasteiger partial charge in [-0.05, 0) is 66.9 Å². The highest BCUT2D eigenvalue weighted by Gasteiger charge is 2.27.